The normalized spacial score (nSPS) is 18.9. The number of benzene rings is 2. The van der Waals surface area contributed by atoms with Crippen LogP contribution in [0.4, 0.5) is 0 Å². The smallest absolute Gasteiger partial charge is 0.163 e. The molecule has 0 aromatic heterocycles. The third-order valence-corrected chi connectivity index (χ3v) is 4.83. The Hall–Kier alpha value is -2.10. The molecule has 0 amide bonds. The van der Waals surface area contributed by atoms with Gasteiger partial charge in [0.25, 0.3) is 0 Å². The first-order chi connectivity index (χ1) is 12.1. The van der Waals surface area contributed by atoms with E-state index in [2.05, 4.69) is 17.0 Å². The number of ketones is 1. The molecule has 0 saturated carbocycles. The van der Waals surface area contributed by atoms with Crippen molar-refractivity contribution in [2.75, 3.05) is 13.1 Å². The molecule has 1 N–H and O–H groups in total. The molecule has 1 aliphatic heterocycles. The van der Waals surface area contributed by atoms with E-state index in [1.165, 1.54) is 11.6 Å². The highest BCUT2D eigenvalue weighted by Crippen LogP contribution is 2.22. The standard InChI is InChI=1S/C21H22ClNO2/c22-19-10-8-17(9-11-19)20(24)13-21(25)18-7-4-12-23(15-18)14-16-5-2-1-3-6-16/h1-3,5-6,8-11,13,18,24H,4,7,12,14-15H2/b20-13-. The third kappa shape index (κ3) is 4.94. The Morgan fingerprint density at radius 1 is 1.16 bits per heavy atom. The molecule has 2 aromatic carbocycles. The van der Waals surface area contributed by atoms with Crippen LogP contribution in [0.15, 0.2) is 60.7 Å². The Bertz CT molecular complexity index is 740. The maximum atomic E-state index is 12.6. The van der Waals surface area contributed by atoms with E-state index in [0.717, 1.165) is 32.5 Å². The quantitative estimate of drug-likeness (QED) is 0.623. The Morgan fingerprint density at radius 2 is 1.88 bits per heavy atom. The van der Waals surface area contributed by atoms with E-state index < -0.39 is 0 Å². The third-order valence-electron chi connectivity index (χ3n) is 4.58. The van der Waals surface area contributed by atoms with Gasteiger partial charge in [0.1, 0.15) is 5.76 Å². The molecular formula is C21H22ClNO2. The Kier molecular flexibility index (Phi) is 5.90. The van der Waals surface area contributed by atoms with Crippen LogP contribution in [0.2, 0.25) is 5.02 Å². The number of allylic oxidation sites excluding steroid dienone is 1. The van der Waals surface area contributed by atoms with Crippen LogP contribution >= 0.6 is 11.6 Å². The van der Waals surface area contributed by atoms with Crippen molar-refractivity contribution in [3.63, 3.8) is 0 Å². The number of carbonyl (C=O) groups is 1. The molecule has 1 fully saturated rings. The predicted octanol–water partition coefficient (Wildman–Crippen LogP) is 4.72. The van der Waals surface area contributed by atoms with Gasteiger partial charge < -0.3 is 5.11 Å². The van der Waals surface area contributed by atoms with Crippen molar-refractivity contribution in [1.82, 2.24) is 4.90 Å². The largest absolute Gasteiger partial charge is 0.507 e. The lowest BCUT2D eigenvalue weighted by atomic mass is 9.92. The zero-order chi connectivity index (χ0) is 17.6. The fourth-order valence-electron chi connectivity index (χ4n) is 3.23. The Labute approximate surface area is 153 Å². The van der Waals surface area contributed by atoms with E-state index in [1.54, 1.807) is 24.3 Å². The lowest BCUT2D eigenvalue weighted by molar-refractivity contribution is -0.119. The van der Waals surface area contributed by atoms with Crippen molar-refractivity contribution in [2.45, 2.75) is 19.4 Å². The molecule has 130 valence electrons. The highest BCUT2D eigenvalue weighted by Gasteiger charge is 2.25. The zero-order valence-electron chi connectivity index (χ0n) is 14.1. The van der Waals surface area contributed by atoms with Gasteiger partial charge in [0.15, 0.2) is 5.78 Å². The number of piperidine rings is 1. The summed E-state index contributed by atoms with van der Waals surface area (Å²) in [6, 6.07) is 17.1. The highest BCUT2D eigenvalue weighted by atomic mass is 35.5. The first-order valence-corrected chi connectivity index (χ1v) is 8.96. The van der Waals surface area contributed by atoms with Crippen molar-refractivity contribution in [3.8, 4) is 0 Å². The SMILES string of the molecule is O=C(/C=C(\O)c1ccc(Cl)cc1)C1CCCN(Cc2ccccc2)C1. The van der Waals surface area contributed by atoms with Crippen molar-refractivity contribution < 1.29 is 9.90 Å². The van der Waals surface area contributed by atoms with Crippen LogP contribution in [0, 0.1) is 5.92 Å². The number of likely N-dealkylation sites (tertiary alicyclic amines) is 1. The van der Waals surface area contributed by atoms with E-state index in [1.807, 2.05) is 18.2 Å². The van der Waals surface area contributed by atoms with Crippen molar-refractivity contribution >= 4 is 23.1 Å². The monoisotopic (exact) mass is 355 g/mol. The number of aliphatic hydroxyl groups excluding tert-OH is 1. The van der Waals surface area contributed by atoms with Crippen LogP contribution < -0.4 is 0 Å². The van der Waals surface area contributed by atoms with E-state index in [0.29, 0.717) is 10.6 Å². The Balaban J connectivity index is 1.63. The average Bonchev–Trinajstić information content (AvgIpc) is 2.63. The molecule has 1 atom stereocenters. The van der Waals surface area contributed by atoms with Gasteiger partial charge in [0.2, 0.25) is 0 Å². The molecule has 0 aliphatic carbocycles. The van der Waals surface area contributed by atoms with Crippen LogP contribution in [-0.2, 0) is 11.3 Å². The van der Waals surface area contributed by atoms with Crippen LogP contribution in [0.5, 0.6) is 0 Å². The number of halogens is 1. The van der Waals surface area contributed by atoms with Gasteiger partial charge in [-0.05, 0) is 49.2 Å². The van der Waals surface area contributed by atoms with E-state index in [9.17, 15) is 9.90 Å². The topological polar surface area (TPSA) is 40.5 Å². The summed E-state index contributed by atoms with van der Waals surface area (Å²) in [5.41, 5.74) is 1.87. The zero-order valence-corrected chi connectivity index (χ0v) is 14.8. The summed E-state index contributed by atoms with van der Waals surface area (Å²) in [4.78, 5) is 14.9. The second kappa shape index (κ2) is 8.32. The van der Waals surface area contributed by atoms with Gasteiger partial charge in [0.05, 0.1) is 0 Å². The number of aliphatic hydroxyl groups is 1. The number of nitrogens with zero attached hydrogens (tertiary/aromatic N) is 1. The fraction of sp³-hybridized carbons (Fsp3) is 0.286. The molecule has 1 heterocycles. The lowest BCUT2D eigenvalue weighted by Gasteiger charge is -2.31. The maximum Gasteiger partial charge on any atom is 0.163 e. The van der Waals surface area contributed by atoms with Gasteiger partial charge >= 0.3 is 0 Å². The van der Waals surface area contributed by atoms with Gasteiger partial charge in [-0.2, -0.15) is 0 Å². The van der Waals surface area contributed by atoms with Crippen LogP contribution in [0.1, 0.15) is 24.0 Å². The minimum Gasteiger partial charge on any atom is -0.507 e. The summed E-state index contributed by atoms with van der Waals surface area (Å²) >= 11 is 5.85. The van der Waals surface area contributed by atoms with Gasteiger partial charge in [0, 0.05) is 35.7 Å². The molecule has 0 radical (unpaired) electrons. The Morgan fingerprint density at radius 3 is 2.60 bits per heavy atom. The summed E-state index contributed by atoms with van der Waals surface area (Å²) in [6.07, 6.45) is 3.23. The first-order valence-electron chi connectivity index (χ1n) is 8.58. The first kappa shape index (κ1) is 17.7. The summed E-state index contributed by atoms with van der Waals surface area (Å²) in [5.74, 6) is -0.0704. The number of rotatable bonds is 5. The van der Waals surface area contributed by atoms with Gasteiger partial charge in [-0.1, -0.05) is 41.9 Å². The molecule has 0 spiro atoms. The molecule has 1 unspecified atom stereocenters. The fourth-order valence-corrected chi connectivity index (χ4v) is 3.36. The van der Waals surface area contributed by atoms with Crippen molar-refractivity contribution in [1.29, 1.82) is 0 Å². The molecular weight excluding hydrogens is 334 g/mol. The van der Waals surface area contributed by atoms with Crippen molar-refractivity contribution in [3.05, 3.63) is 76.8 Å². The number of hydrogen-bond donors (Lipinski definition) is 1. The molecule has 0 bridgehead atoms. The summed E-state index contributed by atoms with van der Waals surface area (Å²) in [6.45, 7) is 2.60. The summed E-state index contributed by atoms with van der Waals surface area (Å²) in [5, 5.41) is 10.8. The number of hydrogen-bond acceptors (Lipinski definition) is 3. The minimum absolute atomic E-state index is 0.00171. The molecule has 1 saturated heterocycles. The second-order valence-electron chi connectivity index (χ2n) is 6.50. The molecule has 3 rings (SSSR count). The van der Waals surface area contributed by atoms with E-state index in [4.69, 9.17) is 11.6 Å². The van der Waals surface area contributed by atoms with E-state index in [-0.39, 0.29) is 17.5 Å². The van der Waals surface area contributed by atoms with Gasteiger partial charge in [-0.3, -0.25) is 9.69 Å². The predicted molar refractivity (Wildman–Crippen MR) is 102 cm³/mol. The van der Waals surface area contributed by atoms with Crippen molar-refractivity contribution in [2.24, 2.45) is 5.92 Å². The lowest BCUT2D eigenvalue weighted by Crippen LogP contribution is -2.37. The van der Waals surface area contributed by atoms with Gasteiger partial charge in [-0.25, -0.2) is 0 Å². The summed E-state index contributed by atoms with van der Waals surface area (Å²) < 4.78 is 0. The molecule has 1 aliphatic rings. The molecule has 4 heteroatoms. The molecule has 2 aromatic rings. The highest BCUT2D eigenvalue weighted by molar-refractivity contribution is 6.30. The summed E-state index contributed by atoms with van der Waals surface area (Å²) in [7, 11) is 0. The van der Waals surface area contributed by atoms with Crippen LogP contribution in [-0.4, -0.2) is 28.9 Å². The average molecular weight is 356 g/mol. The second-order valence-corrected chi connectivity index (χ2v) is 6.94. The van der Waals surface area contributed by atoms with Crippen LogP contribution in [0.25, 0.3) is 5.76 Å². The maximum absolute atomic E-state index is 12.6. The van der Waals surface area contributed by atoms with Crippen LogP contribution in [0.3, 0.4) is 0 Å². The van der Waals surface area contributed by atoms with E-state index >= 15 is 0 Å². The van der Waals surface area contributed by atoms with Gasteiger partial charge in [-0.15, -0.1) is 0 Å². The molecule has 3 nitrogen and oxygen atoms in total. The molecule has 25 heavy (non-hydrogen) atoms. The number of carbonyl (C=O) groups excluding carboxylic acids is 1. The minimum atomic E-state index is -0.0630.